The lowest BCUT2D eigenvalue weighted by Gasteiger charge is -2.06. The fourth-order valence-electron chi connectivity index (χ4n) is 2.59. The van der Waals surface area contributed by atoms with Gasteiger partial charge in [-0.05, 0) is 37.1 Å². The summed E-state index contributed by atoms with van der Waals surface area (Å²) >= 11 is 0. The van der Waals surface area contributed by atoms with Crippen LogP contribution in [-0.2, 0) is 13.0 Å². The molecule has 0 aliphatic rings. The van der Waals surface area contributed by atoms with E-state index in [9.17, 15) is 0 Å². The van der Waals surface area contributed by atoms with Gasteiger partial charge in [0, 0.05) is 16.6 Å². The van der Waals surface area contributed by atoms with E-state index in [-0.39, 0.29) is 0 Å². The minimum atomic E-state index is 0.387. The molecule has 0 amide bonds. The van der Waals surface area contributed by atoms with Gasteiger partial charge in [-0.1, -0.05) is 37.3 Å². The summed E-state index contributed by atoms with van der Waals surface area (Å²) in [5.74, 6) is 1.23. The van der Waals surface area contributed by atoms with Crippen molar-refractivity contribution in [2.45, 2.75) is 26.8 Å². The van der Waals surface area contributed by atoms with E-state index in [1.165, 1.54) is 5.56 Å². The maximum Gasteiger partial charge on any atom is 0.193 e. The lowest BCUT2D eigenvalue weighted by Crippen LogP contribution is -2.22. The van der Waals surface area contributed by atoms with Crippen LogP contribution in [0.3, 0.4) is 0 Å². The van der Waals surface area contributed by atoms with Gasteiger partial charge in [0.2, 0.25) is 0 Å². The summed E-state index contributed by atoms with van der Waals surface area (Å²) in [6, 6.07) is 16.2. The highest BCUT2D eigenvalue weighted by molar-refractivity contribution is 5.92. The summed E-state index contributed by atoms with van der Waals surface area (Å²) in [6.07, 6.45) is 0.991. The summed E-state index contributed by atoms with van der Waals surface area (Å²) in [5, 5.41) is 4.25. The summed E-state index contributed by atoms with van der Waals surface area (Å²) in [6.45, 7) is 4.60. The predicted molar refractivity (Wildman–Crippen MR) is 95.7 cm³/mol. The Labute approximate surface area is 136 Å². The summed E-state index contributed by atoms with van der Waals surface area (Å²) < 4.78 is 5.85. The number of fused-ring (bicyclic) bond motifs is 1. The number of nitrogens with two attached hydrogens (primary N) is 1. The molecule has 0 radical (unpaired) electrons. The molecule has 0 atom stereocenters. The number of hydrogen-bond acceptors (Lipinski definition) is 2. The van der Waals surface area contributed by atoms with Crippen LogP contribution in [0.25, 0.3) is 11.0 Å². The van der Waals surface area contributed by atoms with E-state index in [0.29, 0.717) is 12.5 Å². The number of anilines is 1. The second-order valence-corrected chi connectivity index (χ2v) is 5.53. The molecule has 2 aromatic carbocycles. The van der Waals surface area contributed by atoms with Gasteiger partial charge in [0.05, 0.1) is 0 Å². The van der Waals surface area contributed by atoms with E-state index >= 15 is 0 Å². The number of aryl methyl sites for hydroxylation is 2. The van der Waals surface area contributed by atoms with Crippen LogP contribution in [0.4, 0.5) is 5.69 Å². The van der Waals surface area contributed by atoms with Gasteiger partial charge in [-0.2, -0.15) is 0 Å². The van der Waals surface area contributed by atoms with Gasteiger partial charge in [0.25, 0.3) is 0 Å². The fourth-order valence-corrected chi connectivity index (χ4v) is 2.59. The van der Waals surface area contributed by atoms with E-state index in [2.05, 4.69) is 35.4 Å². The van der Waals surface area contributed by atoms with E-state index in [1.54, 1.807) is 0 Å². The van der Waals surface area contributed by atoms with Gasteiger partial charge in [0.1, 0.15) is 17.9 Å². The second kappa shape index (κ2) is 6.57. The lowest BCUT2D eigenvalue weighted by molar-refractivity contribution is 0.549. The standard InChI is InChI=1S/C19H21N3O/c1-3-14-7-6-8-15(11-14)22-19(20)21-12-18-13(2)16-9-4-5-10-17(16)23-18/h4-11H,3,12H2,1-2H3,(H3,20,21,22). The maximum atomic E-state index is 5.99. The Bertz CT molecular complexity index is 849. The van der Waals surface area contributed by atoms with E-state index in [1.807, 2.05) is 37.3 Å². The van der Waals surface area contributed by atoms with E-state index in [0.717, 1.165) is 34.4 Å². The third-order valence-electron chi connectivity index (χ3n) is 3.94. The van der Waals surface area contributed by atoms with Crippen LogP contribution in [0.5, 0.6) is 0 Å². The zero-order valence-corrected chi connectivity index (χ0v) is 13.5. The van der Waals surface area contributed by atoms with Gasteiger partial charge in [-0.15, -0.1) is 0 Å². The highest BCUT2D eigenvalue weighted by atomic mass is 16.3. The van der Waals surface area contributed by atoms with Crippen LogP contribution in [0, 0.1) is 6.92 Å². The highest BCUT2D eigenvalue weighted by Gasteiger charge is 2.09. The first-order valence-electron chi connectivity index (χ1n) is 7.80. The number of guanidine groups is 1. The number of hydrogen-bond donors (Lipinski definition) is 2. The maximum absolute atomic E-state index is 5.99. The molecule has 3 N–H and O–H groups in total. The van der Waals surface area contributed by atoms with Crippen molar-refractivity contribution < 1.29 is 4.42 Å². The lowest BCUT2D eigenvalue weighted by atomic mass is 10.1. The fraction of sp³-hybridized carbons (Fsp3) is 0.211. The third-order valence-corrected chi connectivity index (χ3v) is 3.94. The molecule has 0 unspecified atom stereocenters. The minimum Gasteiger partial charge on any atom is -0.459 e. The minimum absolute atomic E-state index is 0.387. The molecule has 0 aliphatic carbocycles. The Morgan fingerprint density at radius 3 is 2.78 bits per heavy atom. The molecule has 0 fully saturated rings. The van der Waals surface area contributed by atoms with Gasteiger partial charge >= 0.3 is 0 Å². The molecular weight excluding hydrogens is 286 g/mol. The Hall–Kier alpha value is -2.75. The van der Waals surface area contributed by atoms with Crippen LogP contribution in [0.15, 0.2) is 57.9 Å². The molecule has 0 saturated carbocycles. The molecule has 0 bridgehead atoms. The molecule has 1 heterocycles. The first-order valence-corrected chi connectivity index (χ1v) is 7.80. The molecule has 0 spiro atoms. The quantitative estimate of drug-likeness (QED) is 0.560. The van der Waals surface area contributed by atoms with Crippen molar-refractivity contribution in [2.24, 2.45) is 10.7 Å². The van der Waals surface area contributed by atoms with Gasteiger partial charge in [-0.3, -0.25) is 0 Å². The van der Waals surface area contributed by atoms with Crippen LogP contribution >= 0.6 is 0 Å². The van der Waals surface area contributed by atoms with Crippen LogP contribution in [0.1, 0.15) is 23.8 Å². The number of rotatable bonds is 4. The molecular formula is C19H21N3O. The van der Waals surface area contributed by atoms with Gasteiger partial charge in [0.15, 0.2) is 5.96 Å². The average Bonchev–Trinajstić information content (AvgIpc) is 2.90. The molecule has 23 heavy (non-hydrogen) atoms. The third kappa shape index (κ3) is 3.37. The molecule has 1 aromatic heterocycles. The molecule has 118 valence electrons. The Balaban J connectivity index is 1.74. The van der Waals surface area contributed by atoms with Crippen molar-refractivity contribution in [3.05, 3.63) is 65.4 Å². The van der Waals surface area contributed by atoms with Gasteiger partial charge < -0.3 is 15.5 Å². The highest BCUT2D eigenvalue weighted by Crippen LogP contribution is 2.25. The largest absolute Gasteiger partial charge is 0.459 e. The molecule has 0 saturated heterocycles. The normalized spacial score (nSPS) is 11.8. The molecule has 4 heteroatoms. The summed E-state index contributed by atoms with van der Waals surface area (Å²) in [7, 11) is 0. The van der Waals surface area contributed by atoms with Gasteiger partial charge in [-0.25, -0.2) is 4.99 Å². The van der Waals surface area contributed by atoms with Crippen LogP contribution < -0.4 is 11.1 Å². The predicted octanol–water partition coefficient (Wildman–Crippen LogP) is 4.23. The van der Waals surface area contributed by atoms with Crippen LogP contribution in [0.2, 0.25) is 0 Å². The number of aliphatic imine (C=N–C) groups is 1. The molecule has 4 nitrogen and oxygen atoms in total. The average molecular weight is 307 g/mol. The first kappa shape index (κ1) is 15.2. The molecule has 3 aromatic rings. The monoisotopic (exact) mass is 307 g/mol. The first-order chi connectivity index (χ1) is 11.2. The van der Waals surface area contributed by atoms with E-state index < -0.39 is 0 Å². The molecule has 0 aliphatic heterocycles. The van der Waals surface area contributed by atoms with Crippen molar-refractivity contribution in [2.75, 3.05) is 5.32 Å². The SMILES string of the molecule is CCc1cccc(NC(N)=NCc2oc3ccccc3c2C)c1. The molecule has 3 rings (SSSR count). The summed E-state index contributed by atoms with van der Waals surface area (Å²) in [5.41, 5.74) is 10.2. The number of furan rings is 1. The van der Waals surface area contributed by atoms with Crippen molar-refractivity contribution >= 4 is 22.6 Å². The Kier molecular flexibility index (Phi) is 4.33. The van der Waals surface area contributed by atoms with Crippen molar-refractivity contribution in [3.63, 3.8) is 0 Å². The zero-order valence-electron chi connectivity index (χ0n) is 13.5. The number of para-hydroxylation sites is 1. The summed E-state index contributed by atoms with van der Waals surface area (Å²) in [4.78, 5) is 4.39. The van der Waals surface area contributed by atoms with Crippen molar-refractivity contribution in [1.29, 1.82) is 0 Å². The van der Waals surface area contributed by atoms with Crippen LogP contribution in [-0.4, -0.2) is 5.96 Å². The Morgan fingerprint density at radius 2 is 2.00 bits per heavy atom. The topological polar surface area (TPSA) is 63.5 Å². The van der Waals surface area contributed by atoms with E-state index in [4.69, 9.17) is 10.2 Å². The second-order valence-electron chi connectivity index (χ2n) is 5.53. The smallest absolute Gasteiger partial charge is 0.193 e. The Morgan fingerprint density at radius 1 is 1.17 bits per heavy atom. The number of nitrogens with zero attached hydrogens (tertiary/aromatic N) is 1. The van der Waals surface area contributed by atoms with Crippen molar-refractivity contribution in [1.82, 2.24) is 0 Å². The number of nitrogens with one attached hydrogen (secondary N) is 1. The zero-order chi connectivity index (χ0) is 16.2. The number of benzene rings is 2. The van der Waals surface area contributed by atoms with Crippen molar-refractivity contribution in [3.8, 4) is 0 Å².